The molecule has 0 radical (unpaired) electrons. The molecule has 0 aromatic heterocycles. The number of aliphatic hydroxyl groups is 1. The summed E-state index contributed by atoms with van der Waals surface area (Å²) in [7, 11) is 0. The fourth-order valence-electron chi connectivity index (χ4n) is 2.68. The van der Waals surface area contributed by atoms with Crippen molar-refractivity contribution in [3.8, 4) is 0 Å². The molecule has 10 nitrogen and oxygen atoms in total. The van der Waals surface area contributed by atoms with Gasteiger partial charge in [0.05, 0.1) is 18.8 Å². The first-order valence-electron chi connectivity index (χ1n) is 7.11. The van der Waals surface area contributed by atoms with Crippen molar-refractivity contribution in [1.82, 2.24) is 10.2 Å². The fourth-order valence-corrected chi connectivity index (χ4v) is 3.13. The molecule has 2 rings (SSSR count). The van der Waals surface area contributed by atoms with Gasteiger partial charge in [0.1, 0.15) is 10.6 Å². The molecule has 2 saturated heterocycles. The molecule has 11 heteroatoms. The third-order valence-electron chi connectivity index (χ3n) is 3.83. The SMILES string of the molecule is CCO[C@H]1N(C2CC(N=[N+]=[N-])C(CO)O2)C(=O)NC(=O)[C@]1(C)Br. The van der Waals surface area contributed by atoms with Crippen LogP contribution in [0.4, 0.5) is 4.79 Å². The molecular weight excluding hydrogens is 374 g/mol. The Balaban J connectivity index is 2.29. The maximum Gasteiger partial charge on any atom is 0.328 e. The molecule has 2 N–H and O–H groups in total. The predicted molar refractivity (Wildman–Crippen MR) is 81.4 cm³/mol. The molecule has 3 unspecified atom stereocenters. The van der Waals surface area contributed by atoms with Gasteiger partial charge in [0.25, 0.3) is 0 Å². The van der Waals surface area contributed by atoms with E-state index >= 15 is 0 Å². The maximum absolute atomic E-state index is 12.3. The summed E-state index contributed by atoms with van der Waals surface area (Å²) in [5, 5.41) is 15.2. The average molecular weight is 392 g/mol. The van der Waals surface area contributed by atoms with Crippen molar-refractivity contribution in [2.24, 2.45) is 5.11 Å². The predicted octanol–water partition coefficient (Wildman–Crippen LogP) is 0.841. The Hall–Kier alpha value is -1.39. The minimum absolute atomic E-state index is 0.198. The molecule has 0 saturated carbocycles. The number of urea groups is 1. The zero-order valence-corrected chi connectivity index (χ0v) is 14.3. The summed E-state index contributed by atoms with van der Waals surface area (Å²) < 4.78 is 10.0. The highest BCUT2D eigenvalue weighted by atomic mass is 79.9. The van der Waals surface area contributed by atoms with Gasteiger partial charge in [-0.15, -0.1) is 0 Å². The van der Waals surface area contributed by atoms with Crippen LogP contribution in [0.3, 0.4) is 0 Å². The van der Waals surface area contributed by atoms with Gasteiger partial charge in [0.2, 0.25) is 5.91 Å². The highest BCUT2D eigenvalue weighted by Gasteiger charge is 2.54. The number of halogens is 1. The smallest absolute Gasteiger partial charge is 0.328 e. The first-order valence-corrected chi connectivity index (χ1v) is 7.90. The van der Waals surface area contributed by atoms with E-state index in [-0.39, 0.29) is 19.6 Å². The highest BCUT2D eigenvalue weighted by molar-refractivity contribution is 9.10. The Bertz CT molecular complexity index is 538. The maximum atomic E-state index is 12.3. The van der Waals surface area contributed by atoms with Gasteiger partial charge in [0.15, 0.2) is 6.23 Å². The van der Waals surface area contributed by atoms with E-state index in [0.717, 1.165) is 0 Å². The Labute approximate surface area is 140 Å². The van der Waals surface area contributed by atoms with Crippen molar-refractivity contribution < 1.29 is 24.2 Å². The monoisotopic (exact) mass is 391 g/mol. The summed E-state index contributed by atoms with van der Waals surface area (Å²) in [6.45, 7) is 3.26. The normalized spacial score (nSPS) is 37.5. The molecule has 128 valence electrons. The first kappa shape index (κ1) is 18.0. The number of hydrogen-bond donors (Lipinski definition) is 2. The van der Waals surface area contributed by atoms with Crippen molar-refractivity contribution in [3.63, 3.8) is 0 Å². The van der Waals surface area contributed by atoms with Crippen molar-refractivity contribution in [2.75, 3.05) is 13.2 Å². The van der Waals surface area contributed by atoms with Gasteiger partial charge >= 0.3 is 6.03 Å². The molecule has 0 bridgehead atoms. The number of aliphatic hydroxyl groups excluding tert-OH is 1. The number of azide groups is 1. The molecule has 2 aliphatic rings. The number of nitrogens with zero attached hydrogens (tertiary/aromatic N) is 4. The zero-order valence-electron chi connectivity index (χ0n) is 12.7. The summed E-state index contributed by atoms with van der Waals surface area (Å²) in [4.78, 5) is 28.3. The van der Waals surface area contributed by atoms with Crippen LogP contribution in [0.15, 0.2) is 5.11 Å². The second-order valence-electron chi connectivity index (χ2n) is 5.37. The van der Waals surface area contributed by atoms with Crippen molar-refractivity contribution in [3.05, 3.63) is 10.4 Å². The molecule has 2 fully saturated rings. The number of rotatable bonds is 5. The summed E-state index contributed by atoms with van der Waals surface area (Å²) >= 11 is 3.30. The molecule has 0 spiro atoms. The minimum Gasteiger partial charge on any atom is -0.394 e. The van der Waals surface area contributed by atoms with Crippen LogP contribution in [0.2, 0.25) is 0 Å². The number of carbonyl (C=O) groups is 2. The van der Waals surface area contributed by atoms with Gasteiger partial charge in [-0.2, -0.15) is 0 Å². The van der Waals surface area contributed by atoms with Gasteiger partial charge in [-0.3, -0.25) is 15.0 Å². The van der Waals surface area contributed by atoms with Gasteiger partial charge in [-0.25, -0.2) is 4.79 Å². The summed E-state index contributed by atoms with van der Waals surface area (Å²) in [6.07, 6.45) is -2.21. The second-order valence-corrected chi connectivity index (χ2v) is 7.02. The molecule has 3 amide bonds. The van der Waals surface area contributed by atoms with Crippen LogP contribution in [0.1, 0.15) is 20.3 Å². The molecule has 2 aliphatic heterocycles. The van der Waals surface area contributed by atoms with Crippen LogP contribution in [-0.2, 0) is 14.3 Å². The van der Waals surface area contributed by atoms with E-state index in [1.807, 2.05) is 0 Å². The second kappa shape index (κ2) is 7.02. The Morgan fingerprint density at radius 3 is 2.91 bits per heavy atom. The largest absolute Gasteiger partial charge is 0.394 e. The molecular formula is C12H18BrN5O5. The third kappa shape index (κ3) is 3.29. The van der Waals surface area contributed by atoms with E-state index in [2.05, 4.69) is 31.3 Å². The number of amides is 3. The zero-order chi connectivity index (χ0) is 17.2. The Morgan fingerprint density at radius 2 is 2.35 bits per heavy atom. The van der Waals surface area contributed by atoms with Gasteiger partial charge in [0, 0.05) is 17.9 Å². The lowest BCUT2D eigenvalue weighted by atomic mass is 10.0. The fraction of sp³-hybridized carbons (Fsp3) is 0.833. The summed E-state index contributed by atoms with van der Waals surface area (Å²) in [5.41, 5.74) is 8.59. The van der Waals surface area contributed by atoms with Gasteiger partial charge in [-0.05, 0) is 19.4 Å². The number of imide groups is 1. The quantitative estimate of drug-likeness (QED) is 0.309. The Kier molecular flexibility index (Phi) is 5.48. The standard InChI is InChI=1S/C12H18BrN5O5/c1-3-22-10-12(2,13)9(20)15-11(21)18(10)8-4-6(16-17-14)7(5-19)23-8/h6-8,10,19H,3-5H2,1-2H3,(H,15,20,21)/t6?,7?,8?,10-,12+/m1/s1. The number of alkyl halides is 1. The van der Waals surface area contributed by atoms with E-state index in [1.165, 1.54) is 4.90 Å². The van der Waals surface area contributed by atoms with Crippen molar-refractivity contribution in [2.45, 2.75) is 49.2 Å². The number of nitrogens with one attached hydrogen (secondary N) is 1. The molecule has 23 heavy (non-hydrogen) atoms. The third-order valence-corrected chi connectivity index (χ3v) is 4.59. The van der Waals surface area contributed by atoms with Gasteiger partial charge < -0.3 is 14.6 Å². The van der Waals surface area contributed by atoms with Crippen LogP contribution >= 0.6 is 15.9 Å². The van der Waals surface area contributed by atoms with E-state index < -0.39 is 40.9 Å². The number of ether oxygens (including phenoxy) is 2. The average Bonchev–Trinajstić information content (AvgIpc) is 2.88. The van der Waals surface area contributed by atoms with E-state index in [0.29, 0.717) is 0 Å². The van der Waals surface area contributed by atoms with E-state index in [4.69, 9.17) is 15.0 Å². The molecule has 2 heterocycles. The molecule has 0 aromatic carbocycles. The van der Waals surface area contributed by atoms with Crippen LogP contribution < -0.4 is 5.32 Å². The van der Waals surface area contributed by atoms with E-state index in [1.54, 1.807) is 13.8 Å². The first-order chi connectivity index (χ1) is 10.9. The van der Waals surface area contributed by atoms with Crippen LogP contribution in [0, 0.1) is 0 Å². The van der Waals surface area contributed by atoms with Crippen LogP contribution in [0.25, 0.3) is 10.4 Å². The lowest BCUT2D eigenvalue weighted by molar-refractivity contribution is -0.158. The van der Waals surface area contributed by atoms with Crippen molar-refractivity contribution >= 4 is 27.9 Å². The van der Waals surface area contributed by atoms with Crippen LogP contribution in [0.5, 0.6) is 0 Å². The lowest BCUT2D eigenvalue weighted by Gasteiger charge is -2.45. The summed E-state index contributed by atoms with van der Waals surface area (Å²) in [6, 6.07) is -1.27. The number of carbonyl (C=O) groups excluding carboxylic acids is 2. The highest BCUT2D eigenvalue weighted by Crippen LogP contribution is 2.36. The number of hydrogen-bond acceptors (Lipinski definition) is 6. The van der Waals surface area contributed by atoms with E-state index in [9.17, 15) is 14.7 Å². The minimum atomic E-state index is -1.16. The Morgan fingerprint density at radius 1 is 1.65 bits per heavy atom. The van der Waals surface area contributed by atoms with Crippen LogP contribution in [-0.4, -0.2) is 64.1 Å². The molecule has 0 aliphatic carbocycles. The topological polar surface area (TPSA) is 137 Å². The van der Waals surface area contributed by atoms with Gasteiger partial charge in [-0.1, -0.05) is 21.0 Å². The summed E-state index contributed by atoms with van der Waals surface area (Å²) in [5.74, 6) is -0.513. The molecule has 0 aromatic rings. The lowest BCUT2D eigenvalue weighted by Crippen LogP contribution is -2.69. The van der Waals surface area contributed by atoms with Crippen molar-refractivity contribution in [1.29, 1.82) is 0 Å². The molecule has 5 atom stereocenters.